The van der Waals surface area contributed by atoms with Crippen molar-refractivity contribution < 1.29 is 9.53 Å². The summed E-state index contributed by atoms with van der Waals surface area (Å²) in [6.07, 6.45) is 8.14. The summed E-state index contributed by atoms with van der Waals surface area (Å²) in [7, 11) is 1.50. The molecule has 1 fully saturated rings. The van der Waals surface area contributed by atoms with Crippen LogP contribution < -0.4 is 21.3 Å². The number of rotatable bonds is 8. The van der Waals surface area contributed by atoms with E-state index in [4.69, 9.17) is 4.74 Å². The summed E-state index contributed by atoms with van der Waals surface area (Å²) in [4.78, 5) is 38.9. The van der Waals surface area contributed by atoms with E-state index in [1.54, 1.807) is 22.8 Å². The summed E-state index contributed by atoms with van der Waals surface area (Å²) in [5, 5.41) is 3.34. The Bertz CT molecular complexity index is 970. The number of aromatic nitrogens is 2. The molecule has 0 atom stereocenters. The molecule has 3 rings (SSSR count). The lowest BCUT2D eigenvalue weighted by atomic mass is 9.95. The van der Waals surface area contributed by atoms with E-state index in [-0.39, 0.29) is 18.5 Å². The predicted molar refractivity (Wildman–Crippen MR) is 114 cm³/mol. The summed E-state index contributed by atoms with van der Waals surface area (Å²) >= 11 is 0. The molecule has 0 spiro atoms. The first-order valence-corrected chi connectivity index (χ1v) is 10.7. The Kier molecular flexibility index (Phi) is 7.12. The molecule has 1 aromatic heterocycles. The highest BCUT2D eigenvalue weighted by Gasteiger charge is 2.20. The number of carbonyl (C=O) groups is 1. The molecule has 0 unspecified atom stereocenters. The maximum atomic E-state index is 13.1. The molecular formula is C22H31N3O4. The summed E-state index contributed by atoms with van der Waals surface area (Å²) in [5.74, 6) is 0.128. The van der Waals surface area contributed by atoms with Crippen molar-refractivity contribution in [3.05, 3.63) is 39.0 Å². The van der Waals surface area contributed by atoms with Gasteiger partial charge in [0.15, 0.2) is 0 Å². The second-order valence-electron chi connectivity index (χ2n) is 7.79. The number of nitrogens with zero attached hydrogens (tertiary/aromatic N) is 2. The topological polar surface area (TPSA) is 82.3 Å². The number of unbranched alkanes of at least 4 members (excludes halogenated alkanes) is 2. The van der Waals surface area contributed by atoms with Crippen molar-refractivity contribution in [2.75, 3.05) is 7.11 Å². The molecule has 1 saturated carbocycles. The van der Waals surface area contributed by atoms with Gasteiger partial charge in [0.2, 0.25) is 5.91 Å². The lowest BCUT2D eigenvalue weighted by molar-refractivity contribution is -0.122. The van der Waals surface area contributed by atoms with Crippen LogP contribution in [0.3, 0.4) is 0 Å². The molecule has 1 aliphatic carbocycles. The molecule has 158 valence electrons. The van der Waals surface area contributed by atoms with E-state index in [2.05, 4.69) is 12.2 Å². The third-order valence-electron chi connectivity index (χ3n) is 5.69. The lowest BCUT2D eigenvalue weighted by Crippen LogP contribution is -2.46. The van der Waals surface area contributed by atoms with Gasteiger partial charge in [0.05, 0.1) is 12.6 Å². The molecule has 7 heteroatoms. The Hall–Kier alpha value is -2.57. The van der Waals surface area contributed by atoms with Gasteiger partial charge in [-0.2, -0.15) is 0 Å². The largest absolute Gasteiger partial charge is 0.496 e. The maximum Gasteiger partial charge on any atom is 0.331 e. The van der Waals surface area contributed by atoms with E-state index >= 15 is 0 Å². The quantitative estimate of drug-likeness (QED) is 0.690. The van der Waals surface area contributed by atoms with Gasteiger partial charge in [0.1, 0.15) is 17.7 Å². The van der Waals surface area contributed by atoms with Crippen LogP contribution in [-0.2, 0) is 17.9 Å². The van der Waals surface area contributed by atoms with Gasteiger partial charge >= 0.3 is 5.69 Å². The fourth-order valence-electron chi connectivity index (χ4n) is 4.14. The van der Waals surface area contributed by atoms with E-state index in [0.717, 1.165) is 49.5 Å². The number of ether oxygens (including phenoxy) is 1. The van der Waals surface area contributed by atoms with Crippen molar-refractivity contribution in [1.82, 2.24) is 14.5 Å². The molecule has 0 radical (unpaired) electrons. The normalized spacial score (nSPS) is 14.8. The number of amides is 1. The van der Waals surface area contributed by atoms with Crippen LogP contribution >= 0.6 is 0 Å². The van der Waals surface area contributed by atoms with Crippen LogP contribution in [0.15, 0.2) is 27.8 Å². The average molecular weight is 402 g/mol. The van der Waals surface area contributed by atoms with E-state index < -0.39 is 11.2 Å². The molecule has 7 nitrogen and oxygen atoms in total. The van der Waals surface area contributed by atoms with E-state index in [0.29, 0.717) is 23.2 Å². The Morgan fingerprint density at radius 3 is 2.59 bits per heavy atom. The highest BCUT2D eigenvalue weighted by molar-refractivity contribution is 5.85. The number of methoxy groups -OCH3 is 1. The van der Waals surface area contributed by atoms with Crippen molar-refractivity contribution in [1.29, 1.82) is 0 Å². The minimum atomic E-state index is -0.479. The molecule has 0 saturated heterocycles. The zero-order chi connectivity index (χ0) is 20.8. The smallest absolute Gasteiger partial charge is 0.331 e. The van der Waals surface area contributed by atoms with Crippen LogP contribution in [0.1, 0.15) is 58.3 Å². The fraction of sp³-hybridized carbons (Fsp3) is 0.591. The summed E-state index contributed by atoms with van der Waals surface area (Å²) in [5.41, 5.74) is -0.363. The molecule has 1 aromatic carbocycles. The van der Waals surface area contributed by atoms with Crippen molar-refractivity contribution in [2.24, 2.45) is 0 Å². The standard InChI is InChI=1S/C22H31N3O4/c1-3-4-8-14-24-17-12-9-13-18(29-2)20(17)21(27)25(22(24)28)15-19(26)23-16-10-6-5-7-11-16/h9,12-13,16H,3-8,10-11,14-15H2,1-2H3,(H,23,26). The highest BCUT2D eigenvalue weighted by Crippen LogP contribution is 2.21. The molecule has 1 N–H and O–H groups in total. The van der Waals surface area contributed by atoms with Crippen molar-refractivity contribution in [3.63, 3.8) is 0 Å². The van der Waals surface area contributed by atoms with Gasteiger partial charge < -0.3 is 10.1 Å². The van der Waals surface area contributed by atoms with E-state index in [9.17, 15) is 14.4 Å². The van der Waals surface area contributed by atoms with Crippen molar-refractivity contribution in [2.45, 2.75) is 77.4 Å². The van der Waals surface area contributed by atoms with Crippen LogP contribution in [-0.4, -0.2) is 28.2 Å². The van der Waals surface area contributed by atoms with E-state index in [1.165, 1.54) is 13.5 Å². The zero-order valence-corrected chi connectivity index (χ0v) is 17.4. The number of fused-ring (bicyclic) bond motifs is 1. The van der Waals surface area contributed by atoms with Gasteiger partial charge in [0, 0.05) is 12.6 Å². The first-order valence-electron chi connectivity index (χ1n) is 10.7. The number of carbonyl (C=O) groups excluding carboxylic acids is 1. The summed E-state index contributed by atoms with van der Waals surface area (Å²) in [6, 6.07) is 5.38. The maximum absolute atomic E-state index is 13.1. The van der Waals surface area contributed by atoms with Crippen LogP contribution in [0.2, 0.25) is 0 Å². The minimum absolute atomic E-state index is 0.133. The predicted octanol–water partition coefficient (Wildman–Crippen LogP) is 2.81. The van der Waals surface area contributed by atoms with Gasteiger partial charge in [0.25, 0.3) is 5.56 Å². The third kappa shape index (κ3) is 4.71. The first kappa shape index (κ1) is 21.1. The number of hydrogen-bond donors (Lipinski definition) is 1. The molecule has 0 bridgehead atoms. The summed E-state index contributed by atoms with van der Waals surface area (Å²) < 4.78 is 8.03. The Morgan fingerprint density at radius 1 is 1.14 bits per heavy atom. The average Bonchev–Trinajstić information content (AvgIpc) is 2.73. The number of aryl methyl sites for hydroxylation is 1. The molecular weight excluding hydrogens is 370 g/mol. The fourth-order valence-corrected chi connectivity index (χ4v) is 4.14. The van der Waals surface area contributed by atoms with Gasteiger partial charge in [-0.3, -0.25) is 18.7 Å². The lowest BCUT2D eigenvalue weighted by Gasteiger charge is -2.23. The van der Waals surface area contributed by atoms with Crippen LogP contribution in [0.4, 0.5) is 0 Å². The Morgan fingerprint density at radius 2 is 1.90 bits per heavy atom. The molecule has 0 aliphatic heterocycles. The second kappa shape index (κ2) is 9.76. The Labute approximate surface area is 170 Å². The number of nitrogens with one attached hydrogen (secondary N) is 1. The van der Waals surface area contributed by atoms with Crippen LogP contribution in [0.25, 0.3) is 10.9 Å². The molecule has 1 aliphatic rings. The first-order chi connectivity index (χ1) is 14.1. The SMILES string of the molecule is CCCCCn1c(=O)n(CC(=O)NC2CCCCC2)c(=O)c2c(OC)cccc21. The molecule has 1 amide bonds. The van der Waals surface area contributed by atoms with Gasteiger partial charge in [-0.05, 0) is 31.4 Å². The van der Waals surface area contributed by atoms with Gasteiger partial charge in [-0.1, -0.05) is 45.1 Å². The number of benzene rings is 1. The van der Waals surface area contributed by atoms with Crippen LogP contribution in [0.5, 0.6) is 5.75 Å². The number of hydrogen-bond acceptors (Lipinski definition) is 4. The zero-order valence-electron chi connectivity index (χ0n) is 17.4. The summed E-state index contributed by atoms with van der Waals surface area (Å²) in [6.45, 7) is 2.33. The van der Waals surface area contributed by atoms with Gasteiger partial charge in [-0.15, -0.1) is 0 Å². The third-order valence-corrected chi connectivity index (χ3v) is 5.69. The van der Waals surface area contributed by atoms with E-state index in [1.807, 2.05) is 0 Å². The van der Waals surface area contributed by atoms with Crippen molar-refractivity contribution in [3.8, 4) is 5.75 Å². The van der Waals surface area contributed by atoms with Gasteiger partial charge in [-0.25, -0.2) is 4.79 Å². The van der Waals surface area contributed by atoms with Crippen LogP contribution in [0, 0.1) is 0 Å². The Balaban J connectivity index is 2.00. The minimum Gasteiger partial charge on any atom is -0.496 e. The second-order valence-corrected chi connectivity index (χ2v) is 7.79. The van der Waals surface area contributed by atoms with Crippen molar-refractivity contribution >= 4 is 16.8 Å². The molecule has 1 heterocycles. The molecule has 29 heavy (non-hydrogen) atoms. The molecule has 2 aromatic rings. The monoisotopic (exact) mass is 401 g/mol. The highest BCUT2D eigenvalue weighted by atomic mass is 16.5.